The predicted molar refractivity (Wildman–Crippen MR) is 69.3 cm³/mol. The molecule has 1 aliphatic heterocycles. The molecule has 9 heteroatoms. The Balaban J connectivity index is 2.49. The lowest BCUT2D eigenvalue weighted by molar-refractivity contribution is -0.0537. The molecule has 0 aliphatic carbocycles. The number of aromatic amines is 1. The first kappa shape index (κ1) is 13.7. The molecule has 4 atom stereocenters. The Morgan fingerprint density at radius 2 is 2.22 bits per heavy atom. The van der Waals surface area contributed by atoms with Gasteiger partial charge in [-0.1, -0.05) is 0 Å². The summed E-state index contributed by atoms with van der Waals surface area (Å²) in [5.74, 6) is 0. The Morgan fingerprint density at radius 1 is 1.56 bits per heavy atom. The molecule has 0 radical (unpaired) electrons. The fourth-order valence-corrected chi connectivity index (χ4v) is 2.88. The van der Waals surface area contributed by atoms with Crippen LogP contribution >= 0.6 is 22.6 Å². The van der Waals surface area contributed by atoms with Gasteiger partial charge in [0.05, 0.1) is 0 Å². The third kappa shape index (κ3) is 2.01. The third-order valence-electron chi connectivity index (χ3n) is 2.77. The molecule has 0 spiro atoms. The third-order valence-corrected chi connectivity index (χ3v) is 4.18. The Hall–Kier alpha value is -0.750. The summed E-state index contributed by atoms with van der Waals surface area (Å²) in [7, 11) is 0. The molecule has 100 valence electrons. The molecule has 0 bridgehead atoms. The van der Waals surface area contributed by atoms with Gasteiger partial charge in [-0.25, -0.2) is 4.79 Å². The molecule has 1 aromatic rings. The van der Waals surface area contributed by atoms with Crippen LogP contribution in [0.1, 0.15) is 0 Å². The van der Waals surface area contributed by atoms with Crippen molar-refractivity contribution >= 4 is 22.6 Å². The van der Waals surface area contributed by atoms with Crippen molar-refractivity contribution in [3.8, 4) is 0 Å². The topological polar surface area (TPSA) is 131 Å². The number of aliphatic hydroxyl groups is 2. The first-order valence-corrected chi connectivity index (χ1v) is 6.23. The quantitative estimate of drug-likeness (QED) is 0.342. The van der Waals surface area contributed by atoms with Crippen molar-refractivity contribution < 1.29 is 14.9 Å². The van der Waals surface area contributed by atoms with Crippen LogP contribution in [0.5, 0.6) is 0 Å². The molecule has 0 aromatic carbocycles. The second kappa shape index (κ2) is 4.74. The van der Waals surface area contributed by atoms with Crippen molar-refractivity contribution in [3.63, 3.8) is 0 Å². The number of nitrogens with one attached hydrogen (secondary N) is 1. The first-order valence-electron chi connectivity index (χ1n) is 5.15. The number of nitrogens with two attached hydrogens (primary N) is 1. The Labute approximate surface area is 115 Å². The molecule has 2 rings (SSSR count). The highest BCUT2D eigenvalue weighted by molar-refractivity contribution is 14.1. The summed E-state index contributed by atoms with van der Waals surface area (Å²) >= 11 is 1.70. The van der Waals surface area contributed by atoms with Gasteiger partial charge in [-0.05, 0) is 22.6 Å². The number of hydrogen-bond donors (Lipinski definition) is 4. The van der Waals surface area contributed by atoms with E-state index < -0.39 is 33.3 Å². The molecule has 1 saturated heterocycles. The van der Waals surface area contributed by atoms with Crippen molar-refractivity contribution in [2.75, 3.05) is 6.54 Å². The smallest absolute Gasteiger partial charge is 0.331 e. The number of aliphatic hydroxyl groups excluding tert-OH is 2. The van der Waals surface area contributed by atoms with Gasteiger partial charge >= 0.3 is 5.69 Å². The van der Waals surface area contributed by atoms with E-state index in [4.69, 9.17) is 10.5 Å². The zero-order chi connectivity index (χ0) is 13.5. The fraction of sp³-hybridized carbons (Fsp3) is 0.556. The van der Waals surface area contributed by atoms with E-state index in [0.29, 0.717) is 0 Å². The summed E-state index contributed by atoms with van der Waals surface area (Å²) < 4.78 is 4.95. The minimum absolute atomic E-state index is 0.00107. The molecule has 0 amide bonds. The van der Waals surface area contributed by atoms with E-state index in [-0.39, 0.29) is 6.54 Å². The lowest BCUT2D eigenvalue weighted by Gasteiger charge is -2.27. The Bertz CT molecular complexity index is 558. The number of ether oxygens (including phenoxy) is 1. The number of rotatable bonds is 2. The van der Waals surface area contributed by atoms with Crippen LogP contribution in [0.4, 0.5) is 0 Å². The van der Waals surface area contributed by atoms with Gasteiger partial charge in [-0.3, -0.25) is 14.3 Å². The summed E-state index contributed by atoms with van der Waals surface area (Å²) in [5.41, 5.74) is 4.11. The van der Waals surface area contributed by atoms with Crippen molar-refractivity contribution in [2.24, 2.45) is 5.73 Å². The Morgan fingerprint density at radius 3 is 2.72 bits per heavy atom. The van der Waals surface area contributed by atoms with Gasteiger partial charge in [0.2, 0.25) is 3.73 Å². The van der Waals surface area contributed by atoms with Crippen molar-refractivity contribution in [3.05, 3.63) is 33.1 Å². The lowest BCUT2D eigenvalue weighted by atomic mass is 10.1. The molecule has 2 heterocycles. The van der Waals surface area contributed by atoms with Gasteiger partial charge in [0.25, 0.3) is 5.56 Å². The second-order valence-electron chi connectivity index (χ2n) is 3.92. The summed E-state index contributed by atoms with van der Waals surface area (Å²) in [5, 5.41) is 19.7. The molecule has 5 N–H and O–H groups in total. The van der Waals surface area contributed by atoms with E-state index in [2.05, 4.69) is 4.98 Å². The van der Waals surface area contributed by atoms with E-state index in [9.17, 15) is 19.8 Å². The highest BCUT2D eigenvalue weighted by Gasteiger charge is 2.54. The fourth-order valence-electron chi connectivity index (χ4n) is 1.81. The first-order chi connectivity index (χ1) is 8.40. The molecule has 8 nitrogen and oxygen atoms in total. The van der Waals surface area contributed by atoms with Crippen LogP contribution in [0.15, 0.2) is 21.9 Å². The number of aromatic nitrogens is 2. The molecule has 0 saturated carbocycles. The van der Waals surface area contributed by atoms with Gasteiger partial charge in [0.1, 0.15) is 18.3 Å². The molecule has 18 heavy (non-hydrogen) atoms. The van der Waals surface area contributed by atoms with Gasteiger partial charge in [-0.15, -0.1) is 0 Å². The minimum atomic E-state index is -1.50. The minimum Gasteiger partial charge on any atom is -0.387 e. The number of H-pyrrole nitrogens is 1. The van der Waals surface area contributed by atoms with Crippen LogP contribution in [-0.2, 0) is 8.47 Å². The van der Waals surface area contributed by atoms with Crippen LogP contribution in [-0.4, -0.2) is 44.6 Å². The van der Waals surface area contributed by atoms with E-state index in [0.717, 1.165) is 10.6 Å². The monoisotopic (exact) mass is 369 g/mol. The highest BCUT2D eigenvalue weighted by Crippen LogP contribution is 2.39. The van der Waals surface area contributed by atoms with E-state index in [1.54, 1.807) is 22.6 Å². The van der Waals surface area contributed by atoms with Crippen LogP contribution in [0.3, 0.4) is 0 Å². The maximum Gasteiger partial charge on any atom is 0.331 e. The summed E-state index contributed by atoms with van der Waals surface area (Å²) in [6.07, 6.45) is -2.13. The molecule has 1 fully saturated rings. The summed E-state index contributed by atoms with van der Waals surface area (Å²) in [4.78, 5) is 24.7. The zero-order valence-corrected chi connectivity index (χ0v) is 11.3. The molecule has 1 aliphatic rings. The predicted octanol–water partition coefficient (Wildman–Crippen LogP) is -2.34. The molecule has 0 unspecified atom stereocenters. The van der Waals surface area contributed by atoms with Gasteiger partial charge in [0.15, 0.2) is 0 Å². The van der Waals surface area contributed by atoms with Crippen molar-refractivity contribution in [2.45, 2.75) is 22.0 Å². The van der Waals surface area contributed by atoms with Crippen molar-refractivity contribution in [1.29, 1.82) is 0 Å². The van der Waals surface area contributed by atoms with Crippen molar-refractivity contribution in [1.82, 2.24) is 9.55 Å². The highest BCUT2D eigenvalue weighted by atomic mass is 127. The van der Waals surface area contributed by atoms with Crippen LogP contribution in [0.2, 0.25) is 0 Å². The number of halogens is 1. The van der Waals surface area contributed by atoms with Gasteiger partial charge in [0, 0.05) is 18.8 Å². The maximum atomic E-state index is 11.7. The standard InChI is InChI=1S/C9H12IN3O5/c10-9(7(16)6(15)4(3-11)18-9)13-2-1-5(14)12-8(13)17/h1-2,4,6-7,15-16H,3,11H2,(H,12,14,17)/t4-,6-,7-,9+/m1/s1. The van der Waals surface area contributed by atoms with E-state index >= 15 is 0 Å². The number of hydrogen-bond acceptors (Lipinski definition) is 6. The number of alkyl halides is 1. The second-order valence-corrected chi connectivity index (χ2v) is 5.46. The van der Waals surface area contributed by atoms with Crippen LogP contribution < -0.4 is 17.0 Å². The Kier molecular flexibility index (Phi) is 3.60. The molecular weight excluding hydrogens is 357 g/mol. The largest absolute Gasteiger partial charge is 0.387 e. The molecule has 1 aromatic heterocycles. The van der Waals surface area contributed by atoms with Gasteiger partial charge in [-0.2, -0.15) is 0 Å². The zero-order valence-electron chi connectivity index (χ0n) is 9.12. The van der Waals surface area contributed by atoms with E-state index in [1.807, 2.05) is 0 Å². The summed E-state index contributed by atoms with van der Waals surface area (Å²) in [6.45, 7) is 0.00107. The normalized spacial score (nSPS) is 35.9. The molecular formula is C9H12IN3O5. The van der Waals surface area contributed by atoms with E-state index in [1.165, 1.54) is 6.20 Å². The average Bonchev–Trinajstić information content (AvgIpc) is 2.54. The van der Waals surface area contributed by atoms with Crippen LogP contribution in [0, 0.1) is 0 Å². The SMILES string of the molecule is NC[C@H]1O[C@@](I)(n2ccc(=O)[nH]c2=O)[C@H](O)[C@@H]1O. The average molecular weight is 369 g/mol. The maximum absolute atomic E-state index is 11.7. The lowest BCUT2D eigenvalue weighted by Crippen LogP contribution is -2.47. The van der Waals surface area contributed by atoms with Crippen LogP contribution in [0.25, 0.3) is 0 Å². The number of nitrogens with zero attached hydrogens (tertiary/aromatic N) is 1. The summed E-state index contributed by atoms with van der Waals surface area (Å²) in [6, 6.07) is 1.13. The van der Waals surface area contributed by atoms with Gasteiger partial charge < -0.3 is 20.7 Å².